The van der Waals surface area contributed by atoms with Gasteiger partial charge in [0.05, 0.1) is 5.56 Å². The van der Waals surface area contributed by atoms with Crippen LogP contribution in [0, 0.1) is 0 Å². The molecule has 0 fully saturated rings. The van der Waals surface area contributed by atoms with E-state index in [4.69, 9.17) is 11.6 Å². The highest BCUT2D eigenvalue weighted by Gasteiger charge is 2.34. The zero-order valence-electron chi connectivity index (χ0n) is 8.47. The van der Waals surface area contributed by atoms with Crippen LogP contribution < -0.4 is 4.74 Å². The quantitative estimate of drug-likeness (QED) is 0.484. The number of rotatable bonds is 4. The molecule has 0 bridgehead atoms. The topological polar surface area (TPSA) is 39.2 Å². The monoisotopic (exact) mass is 289 g/mol. The van der Waals surface area contributed by atoms with Crippen molar-refractivity contribution in [1.82, 2.24) is 4.98 Å². The third-order valence-electron chi connectivity index (χ3n) is 1.92. The third kappa shape index (κ3) is 3.28. The van der Waals surface area contributed by atoms with Crippen LogP contribution >= 0.6 is 11.6 Å². The Morgan fingerprint density at radius 3 is 2.44 bits per heavy atom. The Balaban J connectivity index is 3.35. The fraction of sp³-hybridized carbons (Fsp3) is 0.333. The van der Waals surface area contributed by atoms with E-state index in [2.05, 4.69) is 9.72 Å². The van der Waals surface area contributed by atoms with Crippen molar-refractivity contribution in [2.24, 2.45) is 0 Å². The summed E-state index contributed by atoms with van der Waals surface area (Å²) < 4.78 is 64.5. The van der Waals surface area contributed by atoms with E-state index in [-0.39, 0.29) is 6.29 Å². The maximum atomic E-state index is 12.5. The highest BCUT2D eigenvalue weighted by atomic mass is 35.5. The number of carbonyl (C=O) groups excluding carboxylic acids is 1. The van der Waals surface area contributed by atoms with Crippen LogP contribution in [0.3, 0.4) is 0 Å². The number of hydrogen-bond acceptors (Lipinski definition) is 3. The van der Waals surface area contributed by atoms with Crippen LogP contribution in [-0.4, -0.2) is 17.6 Å². The van der Waals surface area contributed by atoms with Crippen LogP contribution in [0.25, 0.3) is 0 Å². The summed E-state index contributed by atoms with van der Waals surface area (Å²) in [6, 6.07) is 0. The van der Waals surface area contributed by atoms with Crippen molar-refractivity contribution in [3.05, 3.63) is 22.9 Å². The van der Waals surface area contributed by atoms with Gasteiger partial charge in [-0.2, -0.15) is 0 Å². The van der Waals surface area contributed by atoms with Gasteiger partial charge in [0.15, 0.2) is 6.29 Å². The molecule has 0 aliphatic heterocycles. The predicted molar refractivity (Wildman–Crippen MR) is 50.8 cm³/mol. The summed E-state index contributed by atoms with van der Waals surface area (Å²) in [5, 5.41) is 0. The van der Waals surface area contributed by atoms with E-state index in [0.717, 1.165) is 0 Å². The van der Waals surface area contributed by atoms with E-state index >= 15 is 0 Å². The molecule has 0 atom stereocenters. The van der Waals surface area contributed by atoms with Gasteiger partial charge in [0.25, 0.3) is 6.43 Å². The molecule has 1 heterocycles. The lowest BCUT2D eigenvalue weighted by atomic mass is 10.1. The number of aromatic nitrogens is 1. The van der Waals surface area contributed by atoms with Crippen molar-refractivity contribution in [1.29, 1.82) is 0 Å². The second-order valence-electron chi connectivity index (χ2n) is 3.01. The van der Waals surface area contributed by atoms with Gasteiger partial charge in [-0.3, -0.25) is 4.79 Å². The van der Waals surface area contributed by atoms with Crippen molar-refractivity contribution in [2.75, 3.05) is 0 Å². The number of aldehydes is 1. The smallest absolute Gasteiger partial charge is 0.387 e. The molecule has 0 aliphatic rings. The van der Waals surface area contributed by atoms with Crippen molar-refractivity contribution < 1.29 is 31.5 Å². The summed E-state index contributed by atoms with van der Waals surface area (Å²) in [5.74, 6) is -1.66. The van der Waals surface area contributed by atoms with Gasteiger partial charge in [0.2, 0.25) is 5.88 Å². The lowest BCUT2D eigenvalue weighted by molar-refractivity contribution is -0.276. The molecule has 0 aliphatic carbocycles. The number of halogens is 6. The number of alkyl halides is 6. The molecule has 1 rings (SSSR count). The molecule has 0 saturated heterocycles. The maximum Gasteiger partial charge on any atom is 0.574 e. The molecule has 1 aromatic heterocycles. The zero-order valence-corrected chi connectivity index (χ0v) is 9.23. The summed E-state index contributed by atoms with van der Waals surface area (Å²) in [6.07, 6.45) is -7.65. The van der Waals surface area contributed by atoms with Crippen molar-refractivity contribution in [3.63, 3.8) is 0 Å². The molecule has 0 amide bonds. The first-order valence-electron chi connectivity index (χ1n) is 4.37. The first-order valence-corrected chi connectivity index (χ1v) is 4.90. The molecule has 0 N–H and O–H groups in total. The van der Waals surface area contributed by atoms with Crippen LogP contribution in [0.4, 0.5) is 22.0 Å². The largest absolute Gasteiger partial charge is 0.574 e. The summed E-state index contributed by atoms with van der Waals surface area (Å²) >= 11 is 5.35. The molecule has 3 nitrogen and oxygen atoms in total. The molecule has 1 aromatic rings. The Morgan fingerprint density at radius 1 is 1.44 bits per heavy atom. The van der Waals surface area contributed by atoms with Crippen LogP contribution in [0.1, 0.15) is 27.9 Å². The predicted octanol–water partition coefficient (Wildman–Crippen LogP) is 3.47. The van der Waals surface area contributed by atoms with Crippen molar-refractivity contribution >= 4 is 17.9 Å². The van der Waals surface area contributed by atoms with E-state index in [1.165, 1.54) is 0 Å². The summed E-state index contributed by atoms with van der Waals surface area (Å²) in [4.78, 5) is 13.7. The number of ether oxygens (including phenoxy) is 1. The zero-order chi connectivity index (χ0) is 13.9. The average molecular weight is 290 g/mol. The Bertz CT molecular complexity index is 449. The molecule has 0 radical (unpaired) electrons. The average Bonchev–Trinajstić information content (AvgIpc) is 2.25. The second kappa shape index (κ2) is 5.47. The van der Waals surface area contributed by atoms with Crippen LogP contribution in [0.15, 0.2) is 6.20 Å². The molecule has 0 aromatic carbocycles. The number of hydrogen-bond donors (Lipinski definition) is 0. The Morgan fingerprint density at radius 2 is 2.06 bits per heavy atom. The van der Waals surface area contributed by atoms with E-state index in [1.807, 2.05) is 0 Å². The fourth-order valence-electron chi connectivity index (χ4n) is 1.21. The molecule has 100 valence electrons. The minimum atomic E-state index is -5.08. The Kier molecular flexibility index (Phi) is 4.44. The standard InChI is InChI=1S/C9H5ClF5NO2/c10-1-4-5(7(11)12)2-16-8(6(4)3-17)18-9(13,14)15/h2-3,7H,1H2. The summed E-state index contributed by atoms with van der Waals surface area (Å²) in [5.41, 5.74) is -1.88. The van der Waals surface area contributed by atoms with E-state index < -0.39 is 41.2 Å². The van der Waals surface area contributed by atoms with Gasteiger partial charge < -0.3 is 4.74 Å². The molecule has 0 spiro atoms. The number of carbonyl (C=O) groups is 1. The minimum Gasteiger partial charge on any atom is -0.387 e. The van der Waals surface area contributed by atoms with Crippen LogP contribution in [0.5, 0.6) is 5.88 Å². The first kappa shape index (κ1) is 14.6. The molecular formula is C9H5ClF5NO2. The highest BCUT2D eigenvalue weighted by Crippen LogP contribution is 2.32. The first-order chi connectivity index (χ1) is 8.30. The van der Waals surface area contributed by atoms with E-state index in [9.17, 15) is 26.7 Å². The fourth-order valence-corrected chi connectivity index (χ4v) is 1.51. The van der Waals surface area contributed by atoms with Crippen LogP contribution in [0.2, 0.25) is 0 Å². The number of nitrogens with zero attached hydrogens (tertiary/aromatic N) is 1. The lowest BCUT2D eigenvalue weighted by Crippen LogP contribution is -2.20. The van der Waals surface area contributed by atoms with Crippen molar-refractivity contribution in [3.8, 4) is 5.88 Å². The minimum absolute atomic E-state index is 0.0579. The van der Waals surface area contributed by atoms with Gasteiger partial charge >= 0.3 is 6.36 Å². The SMILES string of the molecule is O=Cc1c(OC(F)(F)F)ncc(C(F)F)c1CCl. The number of pyridine rings is 1. The van der Waals surface area contributed by atoms with Gasteiger partial charge in [-0.15, -0.1) is 24.8 Å². The Labute approximate surface area is 103 Å². The normalized spacial score (nSPS) is 11.7. The van der Waals surface area contributed by atoms with E-state index in [0.29, 0.717) is 6.20 Å². The van der Waals surface area contributed by atoms with Gasteiger partial charge in [-0.1, -0.05) is 0 Å². The second-order valence-corrected chi connectivity index (χ2v) is 3.28. The maximum absolute atomic E-state index is 12.5. The highest BCUT2D eigenvalue weighted by molar-refractivity contribution is 6.17. The lowest BCUT2D eigenvalue weighted by Gasteiger charge is -2.14. The van der Waals surface area contributed by atoms with Gasteiger partial charge in [-0.05, 0) is 5.56 Å². The van der Waals surface area contributed by atoms with E-state index in [1.54, 1.807) is 0 Å². The van der Waals surface area contributed by atoms with Crippen LogP contribution in [-0.2, 0) is 5.88 Å². The molecular weight excluding hydrogens is 285 g/mol. The van der Waals surface area contributed by atoms with Gasteiger partial charge in [-0.25, -0.2) is 13.8 Å². The molecule has 18 heavy (non-hydrogen) atoms. The third-order valence-corrected chi connectivity index (χ3v) is 2.19. The van der Waals surface area contributed by atoms with Crippen molar-refractivity contribution in [2.45, 2.75) is 18.7 Å². The van der Waals surface area contributed by atoms with Gasteiger partial charge in [0, 0.05) is 17.6 Å². The molecule has 9 heteroatoms. The molecule has 0 saturated carbocycles. The summed E-state index contributed by atoms with van der Waals surface area (Å²) in [6.45, 7) is 0. The summed E-state index contributed by atoms with van der Waals surface area (Å²) in [7, 11) is 0. The molecule has 0 unspecified atom stereocenters. The Hall–Kier alpha value is -1.44. The van der Waals surface area contributed by atoms with Gasteiger partial charge in [0.1, 0.15) is 0 Å².